The molecular formula is C20H23FN4O3. The average molecular weight is 386 g/mol. The lowest BCUT2D eigenvalue weighted by molar-refractivity contribution is -0.149. The van der Waals surface area contributed by atoms with Crippen molar-refractivity contribution in [2.75, 3.05) is 13.1 Å². The SMILES string of the molecule is Cn1ccnc1C(NC(=O)N1C[C@@H]2CCC[C@@]2(C(=O)O)C1)c1ccccc1F. The van der Waals surface area contributed by atoms with Gasteiger partial charge in [0.1, 0.15) is 17.7 Å². The van der Waals surface area contributed by atoms with Gasteiger partial charge in [0.15, 0.2) is 0 Å². The average Bonchev–Trinajstić information content (AvgIpc) is 3.34. The highest BCUT2D eigenvalue weighted by Gasteiger charge is 2.56. The highest BCUT2D eigenvalue weighted by molar-refractivity contribution is 5.81. The summed E-state index contributed by atoms with van der Waals surface area (Å²) in [4.78, 5) is 30.7. The normalized spacial score (nSPS) is 24.8. The number of carbonyl (C=O) groups is 2. The largest absolute Gasteiger partial charge is 0.481 e. The van der Waals surface area contributed by atoms with Crippen LogP contribution in [0.15, 0.2) is 36.7 Å². The second-order valence-corrected chi connectivity index (χ2v) is 7.73. The number of hydrogen-bond donors (Lipinski definition) is 2. The summed E-state index contributed by atoms with van der Waals surface area (Å²) in [6.07, 6.45) is 5.60. The molecule has 3 atom stereocenters. The molecule has 1 aliphatic heterocycles. The molecule has 0 bridgehead atoms. The molecule has 1 unspecified atom stereocenters. The van der Waals surface area contributed by atoms with Gasteiger partial charge in [-0.05, 0) is 24.8 Å². The number of aliphatic carboxylic acids is 1. The van der Waals surface area contributed by atoms with E-state index in [1.54, 1.807) is 47.1 Å². The molecule has 28 heavy (non-hydrogen) atoms. The number of carbonyl (C=O) groups excluding carboxylic acids is 1. The van der Waals surface area contributed by atoms with E-state index in [0.717, 1.165) is 12.8 Å². The van der Waals surface area contributed by atoms with Crippen molar-refractivity contribution in [3.8, 4) is 0 Å². The summed E-state index contributed by atoms with van der Waals surface area (Å²) in [5, 5.41) is 12.6. The molecule has 1 aromatic carbocycles. The first kappa shape index (κ1) is 18.5. The summed E-state index contributed by atoms with van der Waals surface area (Å²) in [5.41, 5.74) is -0.536. The van der Waals surface area contributed by atoms with Crippen LogP contribution in [0.3, 0.4) is 0 Å². The first-order chi connectivity index (χ1) is 13.4. The monoisotopic (exact) mass is 386 g/mol. The summed E-state index contributed by atoms with van der Waals surface area (Å²) in [6.45, 7) is 0.589. The number of rotatable bonds is 4. The van der Waals surface area contributed by atoms with E-state index in [0.29, 0.717) is 24.4 Å². The molecule has 2 N–H and O–H groups in total. The number of carboxylic acids is 1. The van der Waals surface area contributed by atoms with Crippen LogP contribution < -0.4 is 5.32 Å². The van der Waals surface area contributed by atoms with Gasteiger partial charge in [-0.1, -0.05) is 24.6 Å². The predicted molar refractivity (Wildman–Crippen MR) is 99.0 cm³/mol. The number of amides is 2. The van der Waals surface area contributed by atoms with Crippen molar-refractivity contribution >= 4 is 12.0 Å². The Labute approximate surface area is 162 Å². The molecule has 1 aliphatic carbocycles. The second kappa shape index (κ2) is 6.92. The van der Waals surface area contributed by atoms with Crippen LogP contribution in [-0.4, -0.2) is 44.6 Å². The van der Waals surface area contributed by atoms with Crippen molar-refractivity contribution in [2.45, 2.75) is 25.3 Å². The lowest BCUT2D eigenvalue weighted by Gasteiger charge is -2.26. The summed E-state index contributed by atoms with van der Waals surface area (Å²) >= 11 is 0. The molecule has 1 saturated heterocycles. The number of carboxylic acid groups (broad SMARTS) is 1. The smallest absolute Gasteiger partial charge is 0.318 e. The van der Waals surface area contributed by atoms with Crippen molar-refractivity contribution in [1.29, 1.82) is 0 Å². The zero-order chi connectivity index (χ0) is 19.9. The molecule has 2 fully saturated rings. The van der Waals surface area contributed by atoms with E-state index in [1.165, 1.54) is 6.07 Å². The van der Waals surface area contributed by atoms with E-state index >= 15 is 0 Å². The summed E-state index contributed by atoms with van der Waals surface area (Å²) < 4.78 is 16.2. The Bertz CT molecular complexity index is 914. The number of fused-ring (bicyclic) bond motifs is 1. The highest BCUT2D eigenvalue weighted by atomic mass is 19.1. The second-order valence-electron chi connectivity index (χ2n) is 7.73. The van der Waals surface area contributed by atoms with Crippen molar-refractivity contribution in [2.24, 2.45) is 18.4 Å². The Morgan fingerprint density at radius 2 is 2.18 bits per heavy atom. The Morgan fingerprint density at radius 1 is 1.39 bits per heavy atom. The van der Waals surface area contributed by atoms with Crippen LogP contribution in [0.4, 0.5) is 9.18 Å². The molecule has 0 radical (unpaired) electrons. The highest BCUT2D eigenvalue weighted by Crippen LogP contribution is 2.48. The molecule has 2 aromatic rings. The minimum Gasteiger partial charge on any atom is -0.481 e. The number of nitrogens with zero attached hydrogens (tertiary/aromatic N) is 3. The van der Waals surface area contributed by atoms with E-state index in [1.807, 2.05) is 0 Å². The number of aryl methyl sites for hydroxylation is 1. The quantitative estimate of drug-likeness (QED) is 0.845. The molecule has 2 aliphatic rings. The van der Waals surface area contributed by atoms with Gasteiger partial charge in [0, 0.05) is 38.1 Å². The fourth-order valence-electron chi connectivity index (χ4n) is 4.65. The number of urea groups is 1. The topological polar surface area (TPSA) is 87.5 Å². The Hall–Kier alpha value is -2.90. The van der Waals surface area contributed by atoms with Crippen molar-refractivity contribution < 1.29 is 19.1 Å². The van der Waals surface area contributed by atoms with Gasteiger partial charge in [0.2, 0.25) is 0 Å². The summed E-state index contributed by atoms with van der Waals surface area (Å²) in [7, 11) is 1.78. The van der Waals surface area contributed by atoms with Gasteiger partial charge in [-0.15, -0.1) is 0 Å². The van der Waals surface area contributed by atoms with Gasteiger partial charge in [0.25, 0.3) is 0 Å². The molecule has 7 nitrogen and oxygen atoms in total. The number of halogens is 1. The van der Waals surface area contributed by atoms with Crippen LogP contribution >= 0.6 is 0 Å². The Balaban J connectivity index is 1.60. The predicted octanol–water partition coefficient (Wildman–Crippen LogP) is 2.54. The number of hydrogen-bond acceptors (Lipinski definition) is 3. The van der Waals surface area contributed by atoms with Gasteiger partial charge < -0.3 is 19.9 Å². The first-order valence-electron chi connectivity index (χ1n) is 9.43. The lowest BCUT2D eigenvalue weighted by Crippen LogP contribution is -2.43. The van der Waals surface area contributed by atoms with Crippen molar-refractivity contribution in [1.82, 2.24) is 19.8 Å². The van der Waals surface area contributed by atoms with E-state index < -0.39 is 29.3 Å². The molecule has 0 spiro atoms. The maximum absolute atomic E-state index is 14.5. The van der Waals surface area contributed by atoms with Crippen LogP contribution in [-0.2, 0) is 11.8 Å². The molecule has 2 amide bonds. The van der Waals surface area contributed by atoms with Gasteiger partial charge >= 0.3 is 12.0 Å². The number of likely N-dealkylation sites (tertiary alicyclic amines) is 1. The Kier molecular flexibility index (Phi) is 4.56. The summed E-state index contributed by atoms with van der Waals surface area (Å²) in [6, 6.07) is 5.10. The molecule has 2 heterocycles. The zero-order valence-corrected chi connectivity index (χ0v) is 15.6. The maximum atomic E-state index is 14.5. The van der Waals surface area contributed by atoms with Crippen LogP contribution in [0.5, 0.6) is 0 Å². The third kappa shape index (κ3) is 2.93. The van der Waals surface area contributed by atoms with E-state index in [4.69, 9.17) is 0 Å². The Morgan fingerprint density at radius 3 is 2.82 bits per heavy atom. The molecule has 8 heteroatoms. The number of imidazole rings is 1. The molecular weight excluding hydrogens is 363 g/mol. The lowest BCUT2D eigenvalue weighted by atomic mass is 9.81. The molecule has 4 rings (SSSR count). The van der Waals surface area contributed by atoms with Crippen LogP contribution in [0.25, 0.3) is 0 Å². The number of aromatic nitrogens is 2. The van der Waals surface area contributed by atoms with Gasteiger partial charge in [-0.2, -0.15) is 0 Å². The minimum absolute atomic E-state index is 0.0316. The zero-order valence-electron chi connectivity index (χ0n) is 15.6. The molecule has 1 aromatic heterocycles. The van der Waals surface area contributed by atoms with E-state index in [2.05, 4.69) is 10.3 Å². The van der Waals surface area contributed by atoms with Gasteiger partial charge in [-0.3, -0.25) is 4.79 Å². The third-order valence-electron chi connectivity index (χ3n) is 6.18. The number of nitrogens with one attached hydrogen (secondary N) is 1. The van der Waals surface area contributed by atoms with Gasteiger partial charge in [0.05, 0.1) is 5.41 Å². The standard InChI is InChI=1S/C20H23FN4O3/c1-24-10-9-22-17(24)16(14-6-2-3-7-15(14)21)23-19(28)25-11-13-5-4-8-20(13,12-25)18(26)27/h2-3,6-7,9-10,13,16H,4-5,8,11-12H2,1H3,(H,23,28)(H,26,27)/t13-,16?,20+/m0/s1. The molecule has 148 valence electrons. The number of benzene rings is 1. The van der Waals surface area contributed by atoms with Crippen LogP contribution in [0, 0.1) is 17.2 Å². The van der Waals surface area contributed by atoms with Crippen LogP contribution in [0.2, 0.25) is 0 Å². The van der Waals surface area contributed by atoms with Crippen molar-refractivity contribution in [3.63, 3.8) is 0 Å². The van der Waals surface area contributed by atoms with E-state index in [9.17, 15) is 19.1 Å². The minimum atomic E-state index is -0.853. The summed E-state index contributed by atoms with van der Waals surface area (Å²) in [5.74, 6) is -0.794. The maximum Gasteiger partial charge on any atom is 0.318 e. The fourth-order valence-corrected chi connectivity index (χ4v) is 4.65. The van der Waals surface area contributed by atoms with Crippen LogP contribution in [0.1, 0.15) is 36.7 Å². The molecule has 1 saturated carbocycles. The fraction of sp³-hybridized carbons (Fsp3) is 0.450. The third-order valence-corrected chi connectivity index (χ3v) is 6.18. The van der Waals surface area contributed by atoms with Crippen molar-refractivity contribution in [3.05, 3.63) is 53.9 Å². The first-order valence-corrected chi connectivity index (χ1v) is 9.43. The van der Waals surface area contributed by atoms with Gasteiger partial charge in [-0.25, -0.2) is 14.2 Å². The van der Waals surface area contributed by atoms with E-state index in [-0.39, 0.29) is 12.5 Å².